The van der Waals surface area contributed by atoms with Crippen molar-refractivity contribution in [3.8, 4) is 0 Å². The Morgan fingerprint density at radius 2 is 1.63 bits per heavy atom. The number of carbonyl (C=O) groups is 1. The molecule has 0 unspecified atom stereocenters. The molecule has 1 amide bonds. The average molecular weight is 268 g/mol. The summed E-state index contributed by atoms with van der Waals surface area (Å²) in [6.45, 7) is 4.82. The highest BCUT2D eigenvalue weighted by Gasteiger charge is 2.40. The van der Waals surface area contributed by atoms with Crippen molar-refractivity contribution in [2.45, 2.75) is 76.4 Å². The van der Waals surface area contributed by atoms with Gasteiger partial charge in [-0.25, -0.2) is 0 Å². The number of nitrogens with two attached hydrogens (primary N) is 1. The number of hydrogen-bond acceptors (Lipinski definition) is 3. The van der Waals surface area contributed by atoms with E-state index in [0.717, 1.165) is 51.4 Å². The predicted octanol–water partition coefficient (Wildman–Crippen LogP) is 1.71. The van der Waals surface area contributed by atoms with Crippen molar-refractivity contribution in [1.29, 1.82) is 0 Å². The Kier molecular flexibility index (Phi) is 3.94. The van der Waals surface area contributed by atoms with Gasteiger partial charge >= 0.3 is 0 Å². The second-order valence-corrected chi connectivity index (χ2v) is 7.43. The third-order valence-electron chi connectivity index (χ3n) is 5.06. The van der Waals surface area contributed by atoms with Crippen LogP contribution >= 0.6 is 0 Å². The third-order valence-corrected chi connectivity index (χ3v) is 5.06. The van der Waals surface area contributed by atoms with Crippen molar-refractivity contribution in [1.82, 2.24) is 5.32 Å². The Bertz CT molecular complexity index is 336. The van der Waals surface area contributed by atoms with E-state index in [1.54, 1.807) is 0 Å². The first-order chi connectivity index (χ1) is 8.75. The molecule has 0 aromatic rings. The molecule has 4 heteroatoms. The highest BCUT2D eigenvalue weighted by Crippen LogP contribution is 2.40. The van der Waals surface area contributed by atoms with Crippen LogP contribution in [-0.4, -0.2) is 28.7 Å². The minimum atomic E-state index is -0.736. The van der Waals surface area contributed by atoms with E-state index in [0.29, 0.717) is 12.0 Å². The lowest BCUT2D eigenvalue weighted by Gasteiger charge is -2.40. The summed E-state index contributed by atoms with van der Waals surface area (Å²) in [5.41, 5.74) is 5.00. The molecule has 2 aliphatic rings. The molecule has 0 heterocycles. The van der Waals surface area contributed by atoms with Crippen LogP contribution in [0, 0.1) is 5.41 Å². The fourth-order valence-electron chi connectivity index (χ4n) is 3.22. The highest BCUT2D eigenvalue weighted by atomic mass is 16.3. The number of rotatable bonds is 3. The van der Waals surface area contributed by atoms with Gasteiger partial charge in [0.2, 0.25) is 5.91 Å². The van der Waals surface area contributed by atoms with E-state index in [1.165, 1.54) is 0 Å². The third kappa shape index (κ3) is 3.48. The van der Waals surface area contributed by atoms with E-state index in [4.69, 9.17) is 5.73 Å². The van der Waals surface area contributed by atoms with E-state index in [9.17, 15) is 9.90 Å². The normalized spacial score (nSPS) is 28.0. The van der Waals surface area contributed by atoms with E-state index >= 15 is 0 Å². The molecule has 0 spiro atoms. The van der Waals surface area contributed by atoms with Crippen molar-refractivity contribution in [3.63, 3.8) is 0 Å². The van der Waals surface area contributed by atoms with Crippen LogP contribution in [0.1, 0.15) is 65.2 Å². The summed E-state index contributed by atoms with van der Waals surface area (Å²) < 4.78 is 0. The maximum absolute atomic E-state index is 12.1. The van der Waals surface area contributed by atoms with Gasteiger partial charge in [0.15, 0.2) is 0 Å². The van der Waals surface area contributed by atoms with Crippen LogP contribution in [0.3, 0.4) is 0 Å². The van der Waals surface area contributed by atoms with Crippen molar-refractivity contribution in [2.75, 3.05) is 6.54 Å². The lowest BCUT2D eigenvalue weighted by atomic mass is 9.71. The number of amides is 1. The summed E-state index contributed by atoms with van der Waals surface area (Å²) >= 11 is 0. The Hall–Kier alpha value is -0.610. The standard InChI is InChI=1S/C15H28N2O2/c1-13(2)7-9-14(19,10-8-13)11-17-12(18)15(16)5-3-4-6-15/h19H,3-11,16H2,1-2H3,(H,17,18). The topological polar surface area (TPSA) is 75.3 Å². The molecule has 2 rings (SSSR count). The first-order valence-electron chi connectivity index (χ1n) is 7.54. The molecule has 0 atom stereocenters. The molecular formula is C15H28N2O2. The molecule has 2 saturated carbocycles. The first kappa shape index (κ1) is 14.8. The second-order valence-electron chi connectivity index (χ2n) is 7.43. The van der Waals surface area contributed by atoms with Crippen molar-refractivity contribution >= 4 is 5.91 Å². The van der Waals surface area contributed by atoms with Crippen LogP contribution in [0.25, 0.3) is 0 Å². The Morgan fingerprint density at radius 1 is 1.11 bits per heavy atom. The number of hydrogen-bond donors (Lipinski definition) is 3. The molecule has 0 saturated heterocycles. The summed E-state index contributed by atoms with van der Waals surface area (Å²) in [6, 6.07) is 0. The zero-order valence-corrected chi connectivity index (χ0v) is 12.3. The molecule has 19 heavy (non-hydrogen) atoms. The molecule has 4 nitrogen and oxygen atoms in total. The van der Waals surface area contributed by atoms with Crippen molar-refractivity contribution in [2.24, 2.45) is 11.1 Å². The fourth-order valence-corrected chi connectivity index (χ4v) is 3.22. The van der Waals surface area contributed by atoms with E-state index in [-0.39, 0.29) is 5.91 Å². The summed E-state index contributed by atoms with van der Waals surface area (Å²) in [5.74, 6) is -0.0803. The Balaban J connectivity index is 1.83. The highest BCUT2D eigenvalue weighted by molar-refractivity contribution is 5.86. The second kappa shape index (κ2) is 5.06. The van der Waals surface area contributed by atoms with Gasteiger partial charge in [-0.3, -0.25) is 4.79 Å². The summed E-state index contributed by atoms with van der Waals surface area (Å²) in [6.07, 6.45) is 7.13. The fraction of sp³-hybridized carbons (Fsp3) is 0.933. The number of aliphatic hydroxyl groups is 1. The molecule has 0 bridgehead atoms. The lowest BCUT2D eigenvalue weighted by molar-refractivity contribution is -0.128. The molecular weight excluding hydrogens is 240 g/mol. The van der Waals surface area contributed by atoms with Crippen LogP contribution in [0.2, 0.25) is 0 Å². The Morgan fingerprint density at radius 3 is 2.16 bits per heavy atom. The number of nitrogens with one attached hydrogen (secondary N) is 1. The van der Waals surface area contributed by atoms with Gasteiger partial charge in [0, 0.05) is 6.54 Å². The van der Waals surface area contributed by atoms with Crippen LogP contribution in [0.4, 0.5) is 0 Å². The molecule has 110 valence electrons. The van der Waals surface area contributed by atoms with Crippen molar-refractivity contribution in [3.05, 3.63) is 0 Å². The van der Waals surface area contributed by atoms with Gasteiger partial charge in [-0.1, -0.05) is 26.7 Å². The summed E-state index contributed by atoms with van der Waals surface area (Å²) in [4.78, 5) is 12.1. The molecule has 2 fully saturated rings. The van der Waals surface area contributed by atoms with Gasteiger partial charge in [-0.15, -0.1) is 0 Å². The van der Waals surface area contributed by atoms with Crippen LogP contribution in [0.5, 0.6) is 0 Å². The van der Waals surface area contributed by atoms with Gasteiger partial charge in [0.25, 0.3) is 0 Å². The predicted molar refractivity (Wildman–Crippen MR) is 75.6 cm³/mol. The minimum Gasteiger partial charge on any atom is -0.388 e. The van der Waals surface area contributed by atoms with Crippen LogP contribution < -0.4 is 11.1 Å². The lowest BCUT2D eigenvalue weighted by Crippen LogP contribution is -2.55. The number of carbonyl (C=O) groups excluding carboxylic acids is 1. The first-order valence-corrected chi connectivity index (χ1v) is 7.54. The van der Waals surface area contributed by atoms with Gasteiger partial charge in [-0.2, -0.15) is 0 Å². The van der Waals surface area contributed by atoms with Crippen molar-refractivity contribution < 1.29 is 9.90 Å². The largest absolute Gasteiger partial charge is 0.388 e. The molecule has 0 aromatic carbocycles. The molecule has 2 aliphatic carbocycles. The Labute approximate surface area is 116 Å². The summed E-state index contributed by atoms with van der Waals surface area (Å²) in [7, 11) is 0. The average Bonchev–Trinajstić information content (AvgIpc) is 2.79. The summed E-state index contributed by atoms with van der Waals surface area (Å²) in [5, 5.41) is 13.4. The molecule has 0 aromatic heterocycles. The van der Waals surface area contributed by atoms with E-state index < -0.39 is 11.1 Å². The monoisotopic (exact) mass is 268 g/mol. The van der Waals surface area contributed by atoms with Gasteiger partial charge in [0.1, 0.15) is 0 Å². The quantitative estimate of drug-likeness (QED) is 0.729. The maximum atomic E-state index is 12.1. The SMILES string of the molecule is CC1(C)CCC(O)(CNC(=O)C2(N)CCCC2)CC1. The molecule has 0 radical (unpaired) electrons. The zero-order valence-electron chi connectivity index (χ0n) is 12.3. The van der Waals surface area contributed by atoms with Crippen LogP contribution in [-0.2, 0) is 4.79 Å². The molecule has 4 N–H and O–H groups in total. The van der Waals surface area contributed by atoms with E-state index in [1.807, 2.05) is 0 Å². The maximum Gasteiger partial charge on any atom is 0.240 e. The van der Waals surface area contributed by atoms with E-state index in [2.05, 4.69) is 19.2 Å². The zero-order chi connectivity index (χ0) is 14.1. The molecule has 0 aliphatic heterocycles. The van der Waals surface area contributed by atoms with Crippen LogP contribution in [0.15, 0.2) is 0 Å². The minimum absolute atomic E-state index is 0.0803. The van der Waals surface area contributed by atoms with Gasteiger partial charge in [0.05, 0.1) is 11.1 Å². The van der Waals surface area contributed by atoms with Gasteiger partial charge < -0.3 is 16.2 Å². The smallest absolute Gasteiger partial charge is 0.240 e. The van der Waals surface area contributed by atoms with Gasteiger partial charge in [-0.05, 0) is 43.9 Å².